The van der Waals surface area contributed by atoms with Gasteiger partial charge in [-0.25, -0.2) is 14.2 Å². The van der Waals surface area contributed by atoms with Crippen LogP contribution in [0.1, 0.15) is 20.9 Å². The number of carboxylic acid groups (broad SMARTS) is 1. The molecule has 0 aliphatic rings. The molecule has 0 fully saturated rings. The van der Waals surface area contributed by atoms with Crippen molar-refractivity contribution >= 4 is 17.3 Å². The second kappa shape index (κ2) is 6.86. The molecular formula is C17H13FN2O4S. The average molecular weight is 360 g/mol. The third-order valence-corrected chi connectivity index (χ3v) is 4.60. The molecule has 0 radical (unpaired) electrons. The lowest BCUT2D eigenvalue weighted by molar-refractivity contribution is 0.0701. The fourth-order valence-electron chi connectivity index (χ4n) is 2.23. The highest BCUT2D eigenvalue weighted by Crippen LogP contribution is 2.32. The summed E-state index contributed by atoms with van der Waals surface area (Å²) in [4.78, 5) is 30.2. The molecule has 3 rings (SSSR count). The van der Waals surface area contributed by atoms with Crippen LogP contribution < -0.4 is 10.3 Å². The van der Waals surface area contributed by atoms with E-state index in [0.717, 1.165) is 16.9 Å². The number of hydrogen-bond acceptors (Lipinski definition) is 5. The first-order valence-corrected chi connectivity index (χ1v) is 8.07. The summed E-state index contributed by atoms with van der Waals surface area (Å²) in [6, 6.07) is 7.37. The highest BCUT2D eigenvalue weighted by Gasteiger charge is 2.20. The van der Waals surface area contributed by atoms with Crippen LogP contribution >= 0.6 is 11.3 Å². The molecule has 8 heteroatoms. The molecule has 0 unspecified atom stereocenters. The number of pyridine rings is 1. The number of carbonyl (C=O) groups is 1. The lowest BCUT2D eigenvalue weighted by atomic mass is 10.2. The molecule has 0 aliphatic heterocycles. The summed E-state index contributed by atoms with van der Waals surface area (Å²) in [6.45, 7) is 1.70. The SMILES string of the molecule is Cc1nc(-c2c(OCc3ccc(F)cc3)cc[nH]c2=O)sc1C(=O)O. The van der Waals surface area contributed by atoms with E-state index >= 15 is 0 Å². The van der Waals surface area contributed by atoms with Crippen LogP contribution in [0.3, 0.4) is 0 Å². The second-order valence-electron chi connectivity index (χ2n) is 5.20. The quantitative estimate of drug-likeness (QED) is 0.729. The number of nitrogens with zero attached hydrogens (tertiary/aromatic N) is 1. The van der Waals surface area contributed by atoms with Crippen molar-refractivity contribution in [2.24, 2.45) is 0 Å². The van der Waals surface area contributed by atoms with Crippen LogP contribution in [-0.2, 0) is 6.61 Å². The summed E-state index contributed by atoms with van der Waals surface area (Å²) in [7, 11) is 0. The van der Waals surface area contributed by atoms with Gasteiger partial charge in [0.15, 0.2) is 0 Å². The number of aromatic nitrogens is 2. The smallest absolute Gasteiger partial charge is 0.347 e. The van der Waals surface area contributed by atoms with Crippen molar-refractivity contribution < 1.29 is 19.0 Å². The van der Waals surface area contributed by atoms with Crippen LogP contribution in [0.2, 0.25) is 0 Å². The molecule has 0 bridgehead atoms. The zero-order valence-corrected chi connectivity index (χ0v) is 13.9. The zero-order valence-electron chi connectivity index (χ0n) is 13.1. The van der Waals surface area contributed by atoms with E-state index in [4.69, 9.17) is 9.84 Å². The van der Waals surface area contributed by atoms with Crippen molar-refractivity contribution in [1.29, 1.82) is 0 Å². The third-order valence-electron chi connectivity index (χ3n) is 3.43. The van der Waals surface area contributed by atoms with Crippen LogP contribution in [0.5, 0.6) is 5.75 Å². The Bertz CT molecular complexity index is 979. The molecule has 1 aromatic carbocycles. The number of H-pyrrole nitrogens is 1. The number of hydrogen-bond donors (Lipinski definition) is 2. The van der Waals surface area contributed by atoms with E-state index in [2.05, 4.69) is 9.97 Å². The van der Waals surface area contributed by atoms with E-state index in [1.165, 1.54) is 18.3 Å². The highest BCUT2D eigenvalue weighted by atomic mass is 32.1. The summed E-state index contributed by atoms with van der Waals surface area (Å²) >= 11 is 0.912. The Hall–Kier alpha value is -3.00. The molecule has 0 amide bonds. The summed E-state index contributed by atoms with van der Waals surface area (Å²) in [5, 5.41) is 9.43. The largest absolute Gasteiger partial charge is 0.488 e. The van der Waals surface area contributed by atoms with Gasteiger partial charge in [-0.2, -0.15) is 0 Å². The fourth-order valence-corrected chi connectivity index (χ4v) is 3.18. The Kier molecular flexibility index (Phi) is 4.62. The van der Waals surface area contributed by atoms with Gasteiger partial charge in [-0.3, -0.25) is 4.79 Å². The number of thiazole rings is 1. The van der Waals surface area contributed by atoms with Crippen molar-refractivity contribution in [2.75, 3.05) is 0 Å². The second-order valence-corrected chi connectivity index (χ2v) is 6.20. The van der Waals surface area contributed by atoms with E-state index < -0.39 is 11.5 Å². The van der Waals surface area contributed by atoms with Gasteiger partial charge in [-0.15, -0.1) is 11.3 Å². The molecule has 25 heavy (non-hydrogen) atoms. The molecule has 6 nitrogen and oxygen atoms in total. The van der Waals surface area contributed by atoms with Crippen molar-refractivity contribution in [2.45, 2.75) is 13.5 Å². The molecule has 3 aromatic rings. The molecule has 128 valence electrons. The first kappa shape index (κ1) is 16.8. The molecule has 0 spiro atoms. The lowest BCUT2D eigenvalue weighted by Gasteiger charge is -2.09. The number of benzene rings is 1. The maximum absolute atomic E-state index is 13.0. The van der Waals surface area contributed by atoms with Gasteiger partial charge in [0.05, 0.1) is 5.69 Å². The minimum Gasteiger partial charge on any atom is -0.488 e. The zero-order chi connectivity index (χ0) is 18.0. The maximum atomic E-state index is 13.0. The van der Waals surface area contributed by atoms with E-state index in [9.17, 15) is 14.0 Å². The van der Waals surface area contributed by atoms with Crippen LogP contribution in [-0.4, -0.2) is 21.0 Å². The van der Waals surface area contributed by atoms with Crippen molar-refractivity contribution in [3.8, 4) is 16.3 Å². The number of carboxylic acids is 1. The van der Waals surface area contributed by atoms with Gasteiger partial charge in [0.1, 0.15) is 33.6 Å². The molecule has 2 N–H and O–H groups in total. The van der Waals surface area contributed by atoms with Gasteiger partial charge in [-0.05, 0) is 30.7 Å². The standard InChI is InChI=1S/C17H13FN2O4S/c1-9-14(17(22)23)25-16(20-9)13-12(6-7-19-15(13)21)24-8-10-2-4-11(18)5-3-10/h2-7H,8H2,1H3,(H,19,21)(H,22,23). The Morgan fingerprint density at radius 1 is 1.32 bits per heavy atom. The first-order valence-electron chi connectivity index (χ1n) is 7.25. The van der Waals surface area contributed by atoms with E-state index in [1.807, 2.05) is 0 Å². The summed E-state index contributed by atoms with van der Waals surface area (Å²) in [5.41, 5.74) is 0.807. The van der Waals surface area contributed by atoms with E-state index in [0.29, 0.717) is 5.69 Å². The van der Waals surface area contributed by atoms with Crippen LogP contribution in [0, 0.1) is 12.7 Å². The fraction of sp³-hybridized carbons (Fsp3) is 0.118. The number of nitrogens with one attached hydrogen (secondary N) is 1. The Morgan fingerprint density at radius 3 is 2.68 bits per heavy atom. The van der Waals surface area contributed by atoms with Crippen LogP contribution in [0.15, 0.2) is 41.3 Å². The van der Waals surface area contributed by atoms with Crippen LogP contribution in [0.4, 0.5) is 4.39 Å². The predicted octanol–water partition coefficient (Wildman–Crippen LogP) is 3.22. The minimum atomic E-state index is -1.10. The number of rotatable bonds is 5. The van der Waals surface area contributed by atoms with Gasteiger partial charge in [-0.1, -0.05) is 12.1 Å². The van der Waals surface area contributed by atoms with Crippen molar-refractivity contribution in [3.05, 3.63) is 68.8 Å². The topological polar surface area (TPSA) is 92.3 Å². The van der Waals surface area contributed by atoms with Gasteiger partial charge in [0.2, 0.25) is 0 Å². The molecule has 0 saturated carbocycles. The Balaban J connectivity index is 1.95. The highest BCUT2D eigenvalue weighted by molar-refractivity contribution is 7.17. The summed E-state index contributed by atoms with van der Waals surface area (Å²) in [6.07, 6.45) is 1.43. The maximum Gasteiger partial charge on any atom is 0.347 e. The van der Waals surface area contributed by atoms with E-state index in [-0.39, 0.29) is 33.6 Å². The predicted molar refractivity (Wildman–Crippen MR) is 90.6 cm³/mol. The van der Waals surface area contributed by atoms with E-state index in [1.54, 1.807) is 25.1 Å². The molecule has 0 aliphatic carbocycles. The van der Waals surface area contributed by atoms with Gasteiger partial charge in [0.25, 0.3) is 5.56 Å². The lowest BCUT2D eigenvalue weighted by Crippen LogP contribution is -2.10. The summed E-state index contributed by atoms with van der Waals surface area (Å²) in [5.74, 6) is -1.17. The molecule has 2 heterocycles. The summed E-state index contributed by atoms with van der Waals surface area (Å²) < 4.78 is 18.6. The average Bonchev–Trinajstić information content (AvgIpc) is 2.96. The molecule has 2 aromatic heterocycles. The number of halogens is 1. The first-order chi connectivity index (χ1) is 12.0. The van der Waals surface area contributed by atoms with Gasteiger partial charge in [0, 0.05) is 6.20 Å². The number of aromatic amines is 1. The van der Waals surface area contributed by atoms with Gasteiger partial charge < -0.3 is 14.8 Å². The third kappa shape index (κ3) is 3.58. The molecule has 0 atom stereocenters. The molecular weight excluding hydrogens is 347 g/mol. The molecule has 0 saturated heterocycles. The normalized spacial score (nSPS) is 10.6. The van der Waals surface area contributed by atoms with Crippen LogP contribution in [0.25, 0.3) is 10.6 Å². The minimum absolute atomic E-state index is 0.0720. The van der Waals surface area contributed by atoms with Crippen molar-refractivity contribution in [3.63, 3.8) is 0 Å². The number of aryl methyl sites for hydroxylation is 1. The monoisotopic (exact) mass is 360 g/mol. The Labute approximate surface area is 145 Å². The number of aromatic carboxylic acids is 1. The van der Waals surface area contributed by atoms with Gasteiger partial charge >= 0.3 is 5.97 Å². The number of ether oxygens (including phenoxy) is 1. The van der Waals surface area contributed by atoms with Crippen molar-refractivity contribution in [1.82, 2.24) is 9.97 Å². The Morgan fingerprint density at radius 2 is 2.04 bits per heavy atom.